The molecule has 0 aliphatic heterocycles. The van der Waals surface area contributed by atoms with Gasteiger partial charge in [-0.2, -0.15) is 0 Å². The van der Waals surface area contributed by atoms with E-state index in [0.29, 0.717) is 5.84 Å². The zero-order valence-corrected chi connectivity index (χ0v) is 13.0. The highest BCUT2D eigenvalue weighted by atomic mass is 16.4. The number of hydrogen-bond donors (Lipinski definition) is 2. The minimum Gasteiger partial charge on any atom is -0.409 e. The van der Waals surface area contributed by atoms with Crippen molar-refractivity contribution in [2.24, 2.45) is 22.2 Å². The van der Waals surface area contributed by atoms with Crippen molar-refractivity contribution < 1.29 is 5.21 Å². The van der Waals surface area contributed by atoms with Crippen LogP contribution >= 0.6 is 0 Å². The molecule has 4 nitrogen and oxygen atoms in total. The highest BCUT2D eigenvalue weighted by Crippen LogP contribution is 2.27. The molecule has 0 spiro atoms. The van der Waals surface area contributed by atoms with E-state index < -0.39 is 0 Å². The van der Waals surface area contributed by atoms with Gasteiger partial charge in [-0.25, -0.2) is 0 Å². The lowest BCUT2D eigenvalue weighted by atomic mass is 9.85. The van der Waals surface area contributed by atoms with Gasteiger partial charge in [0.05, 0.1) is 0 Å². The highest BCUT2D eigenvalue weighted by molar-refractivity contribution is 5.85. The largest absolute Gasteiger partial charge is 0.409 e. The van der Waals surface area contributed by atoms with Crippen LogP contribution in [-0.2, 0) is 0 Å². The van der Waals surface area contributed by atoms with E-state index >= 15 is 0 Å². The van der Waals surface area contributed by atoms with E-state index in [9.17, 15) is 0 Å². The maximum absolute atomic E-state index is 8.76. The summed E-state index contributed by atoms with van der Waals surface area (Å²) in [4.78, 5) is 2.49. The van der Waals surface area contributed by atoms with E-state index in [-0.39, 0.29) is 5.41 Å². The topological polar surface area (TPSA) is 61.8 Å². The fourth-order valence-electron chi connectivity index (χ4n) is 2.90. The maximum atomic E-state index is 8.76. The SMILES string of the molecule is CC1CCC(N(C)CCCC(C)(C)C(N)=NO)CC1. The van der Waals surface area contributed by atoms with Crippen molar-refractivity contribution in [3.8, 4) is 0 Å². The van der Waals surface area contributed by atoms with Gasteiger partial charge in [0.15, 0.2) is 0 Å². The Kier molecular flexibility index (Phi) is 6.11. The summed E-state index contributed by atoms with van der Waals surface area (Å²) in [5.74, 6) is 1.24. The second kappa shape index (κ2) is 7.13. The first-order valence-corrected chi connectivity index (χ1v) is 7.55. The van der Waals surface area contributed by atoms with Crippen LogP contribution < -0.4 is 5.73 Å². The summed E-state index contributed by atoms with van der Waals surface area (Å²) < 4.78 is 0. The van der Waals surface area contributed by atoms with Crippen LogP contribution in [0.15, 0.2) is 5.16 Å². The van der Waals surface area contributed by atoms with Crippen molar-refractivity contribution in [2.75, 3.05) is 13.6 Å². The summed E-state index contributed by atoms with van der Waals surface area (Å²) in [6.45, 7) is 7.52. The molecular weight excluding hydrogens is 238 g/mol. The number of rotatable bonds is 6. The normalized spacial score (nSPS) is 25.8. The average molecular weight is 269 g/mol. The number of amidine groups is 1. The highest BCUT2D eigenvalue weighted by Gasteiger charge is 2.25. The third-order valence-corrected chi connectivity index (χ3v) is 4.72. The smallest absolute Gasteiger partial charge is 0.144 e. The van der Waals surface area contributed by atoms with E-state index in [1.165, 1.54) is 25.7 Å². The van der Waals surface area contributed by atoms with Crippen LogP contribution in [0.25, 0.3) is 0 Å². The van der Waals surface area contributed by atoms with Crippen LogP contribution in [0.4, 0.5) is 0 Å². The van der Waals surface area contributed by atoms with Crippen LogP contribution in [0.2, 0.25) is 0 Å². The lowest BCUT2D eigenvalue weighted by Gasteiger charge is -2.34. The van der Waals surface area contributed by atoms with E-state index in [1.807, 2.05) is 13.8 Å². The van der Waals surface area contributed by atoms with Crippen molar-refractivity contribution in [3.05, 3.63) is 0 Å². The molecule has 1 saturated carbocycles. The van der Waals surface area contributed by atoms with E-state index in [0.717, 1.165) is 31.3 Å². The predicted octanol–water partition coefficient (Wildman–Crippen LogP) is 3.05. The zero-order valence-electron chi connectivity index (χ0n) is 13.0. The van der Waals surface area contributed by atoms with Crippen molar-refractivity contribution in [1.29, 1.82) is 0 Å². The maximum Gasteiger partial charge on any atom is 0.144 e. The van der Waals surface area contributed by atoms with Gasteiger partial charge in [0, 0.05) is 11.5 Å². The third-order valence-electron chi connectivity index (χ3n) is 4.72. The van der Waals surface area contributed by atoms with Gasteiger partial charge in [0.1, 0.15) is 5.84 Å². The average Bonchev–Trinajstić information content (AvgIpc) is 2.38. The Morgan fingerprint density at radius 3 is 2.42 bits per heavy atom. The Bertz CT molecular complexity index is 294. The second-order valence-electron chi connectivity index (χ2n) is 6.87. The molecule has 112 valence electrons. The fourth-order valence-corrected chi connectivity index (χ4v) is 2.90. The first-order valence-electron chi connectivity index (χ1n) is 7.55. The van der Waals surface area contributed by atoms with Crippen LogP contribution in [0, 0.1) is 11.3 Å². The van der Waals surface area contributed by atoms with Gasteiger partial charge in [0.25, 0.3) is 0 Å². The second-order valence-corrected chi connectivity index (χ2v) is 6.87. The summed E-state index contributed by atoms with van der Waals surface area (Å²) in [6.07, 6.45) is 7.44. The van der Waals surface area contributed by atoms with E-state index in [1.54, 1.807) is 0 Å². The molecule has 0 radical (unpaired) electrons. The Balaban J connectivity index is 2.29. The molecule has 0 atom stereocenters. The number of nitrogens with zero attached hydrogens (tertiary/aromatic N) is 2. The zero-order chi connectivity index (χ0) is 14.5. The molecule has 4 heteroatoms. The van der Waals surface area contributed by atoms with Crippen LogP contribution in [0.1, 0.15) is 59.3 Å². The van der Waals surface area contributed by atoms with Crippen LogP contribution in [0.3, 0.4) is 0 Å². The number of hydrogen-bond acceptors (Lipinski definition) is 3. The van der Waals surface area contributed by atoms with Crippen molar-refractivity contribution in [2.45, 2.75) is 65.3 Å². The molecule has 1 fully saturated rings. The van der Waals surface area contributed by atoms with Gasteiger partial charge < -0.3 is 15.8 Å². The minimum atomic E-state index is -0.212. The van der Waals surface area contributed by atoms with Gasteiger partial charge in [-0.05, 0) is 58.0 Å². The number of nitrogens with two attached hydrogens (primary N) is 1. The van der Waals surface area contributed by atoms with Gasteiger partial charge in [-0.15, -0.1) is 0 Å². The first-order chi connectivity index (χ1) is 8.86. The molecule has 0 heterocycles. The predicted molar refractivity (Wildman–Crippen MR) is 80.5 cm³/mol. The molecule has 0 saturated heterocycles. The van der Waals surface area contributed by atoms with Crippen molar-refractivity contribution >= 4 is 5.84 Å². The fraction of sp³-hybridized carbons (Fsp3) is 0.933. The Hall–Kier alpha value is -0.770. The van der Waals surface area contributed by atoms with Crippen LogP contribution in [0.5, 0.6) is 0 Å². The first kappa shape index (κ1) is 16.3. The molecule has 0 aromatic carbocycles. The van der Waals surface area contributed by atoms with Gasteiger partial charge in [-0.3, -0.25) is 0 Å². The quantitative estimate of drug-likeness (QED) is 0.337. The van der Waals surface area contributed by atoms with Crippen LogP contribution in [-0.4, -0.2) is 35.6 Å². The van der Waals surface area contributed by atoms with Crippen molar-refractivity contribution in [3.63, 3.8) is 0 Å². The molecule has 1 rings (SSSR count). The monoisotopic (exact) mass is 269 g/mol. The molecule has 0 bridgehead atoms. The molecule has 0 unspecified atom stereocenters. The van der Waals surface area contributed by atoms with Crippen molar-refractivity contribution in [1.82, 2.24) is 4.90 Å². The summed E-state index contributed by atoms with van der Waals surface area (Å²) in [6, 6.07) is 0.753. The Morgan fingerprint density at radius 2 is 1.89 bits per heavy atom. The molecule has 19 heavy (non-hydrogen) atoms. The summed E-state index contributed by atoms with van der Waals surface area (Å²) in [5.41, 5.74) is 5.50. The van der Waals surface area contributed by atoms with Gasteiger partial charge >= 0.3 is 0 Å². The molecule has 3 N–H and O–H groups in total. The molecule has 0 amide bonds. The molecular formula is C15H31N3O. The number of oxime groups is 1. The minimum absolute atomic E-state index is 0.212. The molecule has 0 aromatic rings. The standard InChI is InChI=1S/C15H31N3O/c1-12-6-8-13(9-7-12)18(4)11-5-10-15(2,3)14(16)17-19/h12-13,19H,5-11H2,1-4H3,(H2,16,17). The lowest BCUT2D eigenvalue weighted by Crippen LogP contribution is -2.37. The summed E-state index contributed by atoms with van der Waals surface area (Å²) >= 11 is 0. The lowest BCUT2D eigenvalue weighted by molar-refractivity contribution is 0.164. The summed E-state index contributed by atoms with van der Waals surface area (Å²) in [7, 11) is 2.23. The third kappa shape index (κ3) is 5.01. The Morgan fingerprint density at radius 1 is 1.32 bits per heavy atom. The molecule has 1 aliphatic carbocycles. The van der Waals surface area contributed by atoms with Gasteiger partial charge in [0.2, 0.25) is 0 Å². The van der Waals surface area contributed by atoms with E-state index in [2.05, 4.69) is 24.0 Å². The summed E-state index contributed by atoms with van der Waals surface area (Å²) in [5, 5.41) is 11.9. The Labute approximate surface area is 118 Å². The van der Waals surface area contributed by atoms with Gasteiger partial charge in [-0.1, -0.05) is 25.9 Å². The van der Waals surface area contributed by atoms with E-state index in [4.69, 9.17) is 10.9 Å². The molecule has 1 aliphatic rings. The molecule has 0 aromatic heterocycles.